The molecule has 172 valence electrons. The minimum absolute atomic E-state index is 0.103. The largest absolute Gasteiger partial charge is 0.493 e. The zero-order chi connectivity index (χ0) is 24.0. The molecule has 0 aliphatic heterocycles. The van der Waals surface area contributed by atoms with Crippen LogP contribution < -0.4 is 4.74 Å². The van der Waals surface area contributed by atoms with Crippen molar-refractivity contribution in [1.82, 2.24) is 19.5 Å². The number of sulfonamides is 1. The summed E-state index contributed by atoms with van der Waals surface area (Å²) in [6.45, 7) is 5.52. The summed E-state index contributed by atoms with van der Waals surface area (Å²) >= 11 is 0. The molecule has 0 bridgehead atoms. The van der Waals surface area contributed by atoms with Crippen molar-refractivity contribution in [3.8, 4) is 28.1 Å². The molecule has 9 heteroatoms. The molecule has 0 atom stereocenters. The fourth-order valence-corrected chi connectivity index (χ4v) is 5.09. The molecule has 0 saturated carbocycles. The Labute approximate surface area is 192 Å². The summed E-state index contributed by atoms with van der Waals surface area (Å²) in [6, 6.07) is 13.2. The predicted octanol–water partition coefficient (Wildman–Crippen LogP) is 4.86. The van der Waals surface area contributed by atoms with Crippen molar-refractivity contribution >= 4 is 21.1 Å². The molecule has 2 aromatic heterocycles. The Morgan fingerprint density at radius 3 is 2.48 bits per heavy atom. The Morgan fingerprint density at radius 2 is 1.79 bits per heavy atom. The van der Waals surface area contributed by atoms with Crippen LogP contribution in [0.2, 0.25) is 0 Å². The van der Waals surface area contributed by atoms with E-state index in [1.54, 1.807) is 43.6 Å². The molecule has 0 unspecified atom stereocenters. The van der Waals surface area contributed by atoms with Crippen molar-refractivity contribution in [3.63, 3.8) is 0 Å². The maximum absolute atomic E-state index is 14.3. The summed E-state index contributed by atoms with van der Waals surface area (Å²) in [6.07, 6.45) is 1.63. The highest BCUT2D eigenvalue weighted by Crippen LogP contribution is 2.36. The number of halogens is 1. The zero-order valence-corrected chi connectivity index (χ0v) is 19.9. The first kappa shape index (κ1) is 22.9. The van der Waals surface area contributed by atoms with Crippen LogP contribution in [0, 0.1) is 5.82 Å². The van der Waals surface area contributed by atoms with Gasteiger partial charge in [0.15, 0.2) is 17.2 Å². The van der Waals surface area contributed by atoms with Gasteiger partial charge in [-0.3, -0.25) is 5.10 Å². The van der Waals surface area contributed by atoms with E-state index in [9.17, 15) is 12.8 Å². The average Bonchev–Trinajstić information content (AvgIpc) is 3.21. The first-order valence-corrected chi connectivity index (χ1v) is 11.7. The Balaban J connectivity index is 1.83. The second-order valence-electron chi connectivity index (χ2n) is 8.69. The van der Waals surface area contributed by atoms with Gasteiger partial charge in [0.2, 0.25) is 10.0 Å². The van der Waals surface area contributed by atoms with Gasteiger partial charge in [0, 0.05) is 35.3 Å². The molecule has 1 N–H and O–H groups in total. The van der Waals surface area contributed by atoms with Gasteiger partial charge in [0.25, 0.3) is 0 Å². The van der Waals surface area contributed by atoms with Gasteiger partial charge in [-0.05, 0) is 56.7 Å². The molecule has 0 amide bonds. The smallest absolute Gasteiger partial charge is 0.243 e. The summed E-state index contributed by atoms with van der Waals surface area (Å²) in [7, 11) is -0.711. The van der Waals surface area contributed by atoms with Gasteiger partial charge in [-0.15, -0.1) is 0 Å². The van der Waals surface area contributed by atoms with E-state index < -0.39 is 21.4 Å². The molecule has 0 aliphatic rings. The number of methoxy groups -OCH3 is 1. The van der Waals surface area contributed by atoms with Gasteiger partial charge in [-0.1, -0.05) is 18.2 Å². The standard InChI is InChI=1S/C24H25FN4O3S/c1-24(2,3)29(4)33(30,31)17-9-6-8-15(12-17)16-13-19-21(27-28-23(19)26-14-16)18-10-7-11-20(25)22(18)32-5/h6-14H,1-5H3,(H,26,27,28). The molecular weight excluding hydrogens is 443 g/mol. The van der Waals surface area contributed by atoms with Crippen molar-refractivity contribution in [3.05, 3.63) is 60.5 Å². The van der Waals surface area contributed by atoms with E-state index >= 15 is 0 Å². The van der Waals surface area contributed by atoms with E-state index in [2.05, 4.69) is 15.2 Å². The van der Waals surface area contributed by atoms with E-state index in [0.717, 1.165) is 0 Å². The fourth-order valence-electron chi connectivity index (χ4n) is 3.53. The molecule has 0 fully saturated rings. The minimum atomic E-state index is -3.69. The van der Waals surface area contributed by atoms with Gasteiger partial charge in [0.05, 0.1) is 17.7 Å². The molecule has 0 radical (unpaired) electrons. The van der Waals surface area contributed by atoms with Gasteiger partial charge < -0.3 is 4.74 Å². The van der Waals surface area contributed by atoms with Crippen LogP contribution in [0.15, 0.2) is 59.6 Å². The number of ether oxygens (including phenoxy) is 1. The van der Waals surface area contributed by atoms with Crippen LogP contribution >= 0.6 is 0 Å². The summed E-state index contributed by atoms with van der Waals surface area (Å²) in [5, 5.41) is 7.80. The molecule has 0 aliphatic carbocycles. The lowest BCUT2D eigenvalue weighted by molar-refractivity contribution is 0.292. The molecule has 0 spiro atoms. The number of aromatic amines is 1. The van der Waals surface area contributed by atoms with Crippen molar-refractivity contribution in [2.24, 2.45) is 0 Å². The van der Waals surface area contributed by atoms with Crippen LogP contribution in [-0.4, -0.2) is 47.6 Å². The summed E-state index contributed by atoms with van der Waals surface area (Å²) in [5.74, 6) is -0.380. The second kappa shape index (κ2) is 8.24. The van der Waals surface area contributed by atoms with E-state index in [4.69, 9.17) is 4.74 Å². The summed E-state index contributed by atoms with van der Waals surface area (Å²) in [4.78, 5) is 4.60. The topological polar surface area (TPSA) is 88.2 Å². The SMILES string of the molecule is COc1c(F)cccc1-c1[nH]nc2ncc(-c3cccc(S(=O)(=O)N(C)C(C)(C)C)c3)cc12. The van der Waals surface area contributed by atoms with E-state index in [0.29, 0.717) is 33.4 Å². The molecule has 0 saturated heterocycles. The second-order valence-corrected chi connectivity index (χ2v) is 10.7. The number of nitrogens with zero attached hydrogens (tertiary/aromatic N) is 3. The third-order valence-corrected chi connectivity index (χ3v) is 7.74. The minimum Gasteiger partial charge on any atom is -0.493 e. The summed E-state index contributed by atoms with van der Waals surface area (Å²) < 4.78 is 47.1. The van der Waals surface area contributed by atoms with Gasteiger partial charge in [0.1, 0.15) is 0 Å². The fraction of sp³-hybridized carbons (Fsp3) is 0.250. The van der Waals surface area contributed by atoms with Gasteiger partial charge in [-0.25, -0.2) is 17.8 Å². The van der Waals surface area contributed by atoms with Crippen LogP contribution in [0.1, 0.15) is 20.8 Å². The van der Waals surface area contributed by atoms with Crippen LogP contribution in [0.25, 0.3) is 33.4 Å². The predicted molar refractivity (Wildman–Crippen MR) is 126 cm³/mol. The number of rotatable bonds is 5. The van der Waals surface area contributed by atoms with Crippen molar-refractivity contribution in [2.75, 3.05) is 14.2 Å². The molecule has 4 rings (SSSR count). The number of hydrogen-bond acceptors (Lipinski definition) is 5. The summed E-state index contributed by atoms with van der Waals surface area (Å²) in [5.41, 5.74) is 2.36. The highest BCUT2D eigenvalue weighted by Gasteiger charge is 2.30. The van der Waals surface area contributed by atoms with E-state index in [-0.39, 0.29) is 10.6 Å². The Hall–Kier alpha value is -3.30. The number of aromatic nitrogens is 3. The number of H-pyrrole nitrogens is 1. The highest BCUT2D eigenvalue weighted by atomic mass is 32.2. The lowest BCUT2D eigenvalue weighted by Crippen LogP contribution is -2.42. The molecule has 4 aromatic rings. The quantitative estimate of drug-likeness (QED) is 0.452. The maximum Gasteiger partial charge on any atom is 0.243 e. The zero-order valence-electron chi connectivity index (χ0n) is 19.0. The van der Waals surface area contributed by atoms with Crippen LogP contribution in [0.3, 0.4) is 0 Å². The third-order valence-electron chi connectivity index (χ3n) is 5.62. The number of pyridine rings is 1. The number of para-hydroxylation sites is 1. The lowest BCUT2D eigenvalue weighted by Gasteiger charge is -2.31. The number of fused-ring (bicyclic) bond motifs is 1. The molecule has 2 heterocycles. The van der Waals surface area contributed by atoms with Crippen molar-refractivity contribution < 1.29 is 17.5 Å². The first-order valence-electron chi connectivity index (χ1n) is 10.3. The monoisotopic (exact) mass is 468 g/mol. The molecule has 7 nitrogen and oxygen atoms in total. The number of benzene rings is 2. The van der Waals surface area contributed by atoms with Crippen molar-refractivity contribution in [1.29, 1.82) is 0 Å². The van der Waals surface area contributed by atoms with Gasteiger partial charge >= 0.3 is 0 Å². The number of nitrogens with one attached hydrogen (secondary N) is 1. The highest BCUT2D eigenvalue weighted by molar-refractivity contribution is 7.89. The third kappa shape index (κ3) is 4.09. The Bertz CT molecular complexity index is 1440. The van der Waals surface area contributed by atoms with Crippen LogP contribution in [0.5, 0.6) is 5.75 Å². The van der Waals surface area contributed by atoms with Gasteiger partial charge in [-0.2, -0.15) is 9.40 Å². The first-order chi connectivity index (χ1) is 15.5. The normalized spacial score (nSPS) is 12.5. The molecule has 33 heavy (non-hydrogen) atoms. The molecular formula is C24H25FN4O3S. The van der Waals surface area contributed by atoms with Crippen LogP contribution in [0.4, 0.5) is 4.39 Å². The maximum atomic E-state index is 14.3. The Morgan fingerprint density at radius 1 is 1.06 bits per heavy atom. The van der Waals surface area contributed by atoms with Crippen molar-refractivity contribution in [2.45, 2.75) is 31.2 Å². The average molecular weight is 469 g/mol. The lowest BCUT2D eigenvalue weighted by atomic mass is 10.0. The van der Waals surface area contributed by atoms with E-state index in [1.165, 1.54) is 17.5 Å². The Kier molecular flexibility index (Phi) is 5.71. The van der Waals surface area contributed by atoms with Crippen LogP contribution in [-0.2, 0) is 10.0 Å². The van der Waals surface area contributed by atoms with E-state index in [1.807, 2.05) is 32.9 Å². The number of hydrogen-bond donors (Lipinski definition) is 1. The molecule has 2 aromatic carbocycles.